The number of carbonyl (C=O) groups excluding carboxylic acids is 1. The summed E-state index contributed by atoms with van der Waals surface area (Å²) in [6.07, 6.45) is -0.654. The number of halogens is 2. The first-order valence-corrected chi connectivity index (χ1v) is 8.31. The second kappa shape index (κ2) is 8.81. The Morgan fingerprint density at radius 3 is 2.62 bits per heavy atom. The van der Waals surface area contributed by atoms with E-state index in [0.29, 0.717) is 34.7 Å². The Bertz CT molecular complexity index is 706. The van der Waals surface area contributed by atoms with Crippen LogP contribution in [-0.2, 0) is 4.79 Å². The average Bonchev–Trinajstić information content (AvgIpc) is 2.56. The molecule has 0 fully saturated rings. The molecule has 1 atom stereocenters. The largest absolute Gasteiger partial charge is 0.492 e. The summed E-state index contributed by atoms with van der Waals surface area (Å²) in [5, 5.41) is 3.87. The molecule has 0 saturated carbocycles. The quantitative estimate of drug-likeness (QED) is 0.743. The van der Waals surface area contributed by atoms with Crippen molar-refractivity contribution in [2.75, 3.05) is 13.2 Å². The molecule has 0 heterocycles. The fourth-order valence-electron chi connectivity index (χ4n) is 1.93. The minimum absolute atomic E-state index is 0.236. The van der Waals surface area contributed by atoms with Gasteiger partial charge in [-0.2, -0.15) is 0 Å². The zero-order valence-electron chi connectivity index (χ0n) is 13.5. The molecule has 0 bridgehead atoms. The van der Waals surface area contributed by atoms with Crippen molar-refractivity contribution in [3.8, 4) is 11.5 Å². The van der Waals surface area contributed by atoms with E-state index in [1.165, 1.54) is 0 Å². The number of carbonyl (C=O) groups is 1. The predicted octanol–water partition coefficient (Wildman–Crippen LogP) is 4.26. The van der Waals surface area contributed by atoms with Gasteiger partial charge in [-0.15, -0.1) is 0 Å². The third kappa shape index (κ3) is 5.32. The van der Waals surface area contributed by atoms with E-state index in [-0.39, 0.29) is 5.91 Å². The van der Waals surface area contributed by atoms with Crippen molar-refractivity contribution in [2.45, 2.75) is 20.0 Å². The summed E-state index contributed by atoms with van der Waals surface area (Å²) >= 11 is 12.0. The summed E-state index contributed by atoms with van der Waals surface area (Å²) in [4.78, 5) is 12.0. The van der Waals surface area contributed by atoms with Gasteiger partial charge in [0.05, 0.1) is 11.6 Å². The molecule has 6 heteroatoms. The lowest BCUT2D eigenvalue weighted by molar-refractivity contribution is -0.127. The SMILES string of the molecule is Cc1ccc(OCCNC(=O)[C@H](C)Oc2ccccc2Cl)cc1Cl. The number of hydrogen-bond donors (Lipinski definition) is 1. The zero-order chi connectivity index (χ0) is 17.5. The van der Waals surface area contributed by atoms with Crippen molar-refractivity contribution in [2.24, 2.45) is 0 Å². The maximum atomic E-state index is 12.0. The van der Waals surface area contributed by atoms with E-state index in [0.717, 1.165) is 5.56 Å². The molecule has 0 unspecified atom stereocenters. The second-order valence-corrected chi connectivity index (χ2v) is 6.06. The Kier molecular flexibility index (Phi) is 6.76. The number of benzene rings is 2. The summed E-state index contributed by atoms with van der Waals surface area (Å²) in [5.74, 6) is 0.910. The molecular weight excluding hydrogens is 349 g/mol. The minimum Gasteiger partial charge on any atom is -0.492 e. The number of para-hydroxylation sites is 1. The molecule has 2 aromatic rings. The van der Waals surface area contributed by atoms with Gasteiger partial charge in [0, 0.05) is 5.02 Å². The molecule has 4 nitrogen and oxygen atoms in total. The summed E-state index contributed by atoms with van der Waals surface area (Å²) in [6, 6.07) is 12.5. The Hall–Kier alpha value is -1.91. The summed E-state index contributed by atoms with van der Waals surface area (Å²) in [7, 11) is 0. The number of hydrogen-bond acceptors (Lipinski definition) is 3. The fraction of sp³-hybridized carbons (Fsp3) is 0.278. The van der Waals surface area contributed by atoms with Crippen LogP contribution in [0.5, 0.6) is 11.5 Å². The third-order valence-electron chi connectivity index (χ3n) is 3.32. The highest BCUT2D eigenvalue weighted by molar-refractivity contribution is 6.32. The van der Waals surface area contributed by atoms with E-state index in [2.05, 4.69) is 5.32 Å². The van der Waals surface area contributed by atoms with Gasteiger partial charge in [-0.25, -0.2) is 0 Å². The molecular formula is C18H19Cl2NO3. The second-order valence-electron chi connectivity index (χ2n) is 5.24. The molecule has 0 aliphatic heterocycles. The summed E-state index contributed by atoms with van der Waals surface area (Å²) < 4.78 is 11.1. The van der Waals surface area contributed by atoms with Crippen molar-refractivity contribution in [1.29, 1.82) is 0 Å². The highest BCUT2D eigenvalue weighted by Crippen LogP contribution is 2.24. The topological polar surface area (TPSA) is 47.6 Å². The Morgan fingerprint density at radius 2 is 1.92 bits per heavy atom. The monoisotopic (exact) mass is 367 g/mol. The molecule has 24 heavy (non-hydrogen) atoms. The van der Waals surface area contributed by atoms with E-state index in [9.17, 15) is 4.79 Å². The van der Waals surface area contributed by atoms with Crippen molar-refractivity contribution in [1.82, 2.24) is 5.32 Å². The molecule has 2 rings (SSSR count). The van der Waals surface area contributed by atoms with Crippen molar-refractivity contribution in [3.63, 3.8) is 0 Å². The lowest BCUT2D eigenvalue weighted by atomic mass is 10.2. The van der Waals surface area contributed by atoms with Crippen LogP contribution in [0.15, 0.2) is 42.5 Å². The molecule has 0 aromatic heterocycles. The van der Waals surface area contributed by atoms with Crippen LogP contribution < -0.4 is 14.8 Å². The lowest BCUT2D eigenvalue weighted by Gasteiger charge is -2.15. The van der Waals surface area contributed by atoms with Gasteiger partial charge in [0.15, 0.2) is 6.10 Å². The molecule has 0 spiro atoms. The number of rotatable bonds is 7. The minimum atomic E-state index is -0.654. The van der Waals surface area contributed by atoms with Crippen LogP contribution in [0.25, 0.3) is 0 Å². The predicted molar refractivity (Wildman–Crippen MR) is 96.2 cm³/mol. The Balaban J connectivity index is 1.74. The van der Waals surface area contributed by atoms with Crippen LogP contribution >= 0.6 is 23.2 Å². The van der Waals surface area contributed by atoms with Crippen LogP contribution in [0.3, 0.4) is 0 Å². The van der Waals surface area contributed by atoms with E-state index >= 15 is 0 Å². The van der Waals surface area contributed by atoms with E-state index in [1.807, 2.05) is 19.1 Å². The van der Waals surface area contributed by atoms with Gasteiger partial charge in [-0.1, -0.05) is 41.4 Å². The normalized spacial score (nSPS) is 11.7. The molecule has 128 valence electrons. The van der Waals surface area contributed by atoms with Crippen molar-refractivity contribution in [3.05, 3.63) is 58.1 Å². The summed E-state index contributed by atoms with van der Waals surface area (Å²) in [6.45, 7) is 4.29. The molecule has 0 radical (unpaired) electrons. The first-order chi connectivity index (χ1) is 11.5. The van der Waals surface area contributed by atoms with Crippen LogP contribution in [0.1, 0.15) is 12.5 Å². The third-order valence-corrected chi connectivity index (χ3v) is 4.04. The van der Waals surface area contributed by atoms with Gasteiger partial charge in [-0.05, 0) is 43.7 Å². The number of aryl methyl sites for hydroxylation is 1. The van der Waals surface area contributed by atoms with Crippen LogP contribution in [0.2, 0.25) is 10.0 Å². The average molecular weight is 368 g/mol. The maximum Gasteiger partial charge on any atom is 0.260 e. The molecule has 0 aliphatic rings. The number of amides is 1. The smallest absolute Gasteiger partial charge is 0.260 e. The Labute approximate surface area is 151 Å². The maximum absolute atomic E-state index is 12.0. The first-order valence-electron chi connectivity index (χ1n) is 7.55. The van der Waals surface area contributed by atoms with Gasteiger partial charge in [0.25, 0.3) is 5.91 Å². The molecule has 0 saturated heterocycles. The highest BCUT2D eigenvalue weighted by atomic mass is 35.5. The van der Waals surface area contributed by atoms with E-state index < -0.39 is 6.10 Å². The van der Waals surface area contributed by atoms with Gasteiger partial charge >= 0.3 is 0 Å². The van der Waals surface area contributed by atoms with E-state index in [1.54, 1.807) is 37.3 Å². The zero-order valence-corrected chi connectivity index (χ0v) is 15.0. The highest BCUT2D eigenvalue weighted by Gasteiger charge is 2.15. The molecule has 1 N–H and O–H groups in total. The first kappa shape index (κ1) is 18.4. The molecule has 1 amide bonds. The number of nitrogens with one attached hydrogen (secondary N) is 1. The van der Waals surface area contributed by atoms with Gasteiger partial charge in [0.1, 0.15) is 18.1 Å². The van der Waals surface area contributed by atoms with Crippen LogP contribution in [0.4, 0.5) is 0 Å². The number of ether oxygens (including phenoxy) is 2. The van der Waals surface area contributed by atoms with Crippen LogP contribution in [-0.4, -0.2) is 25.2 Å². The Morgan fingerprint density at radius 1 is 1.17 bits per heavy atom. The molecule has 0 aliphatic carbocycles. The molecule has 2 aromatic carbocycles. The van der Waals surface area contributed by atoms with Crippen molar-refractivity contribution >= 4 is 29.1 Å². The summed E-state index contributed by atoms with van der Waals surface area (Å²) in [5.41, 5.74) is 0.989. The van der Waals surface area contributed by atoms with Crippen molar-refractivity contribution < 1.29 is 14.3 Å². The fourth-order valence-corrected chi connectivity index (χ4v) is 2.29. The standard InChI is InChI=1S/C18H19Cl2NO3/c1-12-7-8-14(11-16(12)20)23-10-9-21-18(22)13(2)24-17-6-4-3-5-15(17)19/h3-8,11,13H,9-10H2,1-2H3,(H,21,22)/t13-/m0/s1. The van der Waals surface area contributed by atoms with Gasteiger partial charge in [-0.3, -0.25) is 4.79 Å². The lowest BCUT2D eigenvalue weighted by Crippen LogP contribution is -2.38. The van der Waals surface area contributed by atoms with Gasteiger partial charge < -0.3 is 14.8 Å². The van der Waals surface area contributed by atoms with E-state index in [4.69, 9.17) is 32.7 Å². The van der Waals surface area contributed by atoms with Gasteiger partial charge in [0.2, 0.25) is 0 Å². The van der Waals surface area contributed by atoms with Crippen LogP contribution in [0, 0.1) is 6.92 Å².